The summed E-state index contributed by atoms with van der Waals surface area (Å²) in [6.45, 7) is 1.36. The fraction of sp³-hybridized carbons (Fsp3) is 0.200. The second kappa shape index (κ2) is 7.04. The number of hydrogen-bond donors (Lipinski definition) is 2. The van der Waals surface area contributed by atoms with Crippen molar-refractivity contribution in [3.63, 3.8) is 0 Å². The average molecular weight is 634 g/mol. The lowest BCUT2D eigenvalue weighted by Crippen LogP contribution is -2.31. The van der Waals surface area contributed by atoms with Crippen molar-refractivity contribution in [3.8, 4) is 0 Å². The molecule has 1 rings (SSSR count). The molecule has 2 N–H and O–H groups in total. The fourth-order valence-electron chi connectivity index (χ4n) is 1.31. The molecule has 0 aliphatic heterocycles. The topological polar surface area (TPSA) is 92.3 Å². The molecule has 0 fully saturated rings. The Bertz CT molecular complexity index is 688. The largest absolute Gasteiger partial charge is 0.324 e. The normalized spacial score (nSPS) is 11.1. The van der Waals surface area contributed by atoms with Gasteiger partial charge in [0.25, 0.3) is 5.91 Å². The Labute approximate surface area is 157 Å². The molecule has 0 aliphatic rings. The van der Waals surface area contributed by atoms with Gasteiger partial charge in [0, 0.05) is 14.1 Å². The van der Waals surface area contributed by atoms with Gasteiger partial charge in [0.05, 0.1) is 21.1 Å². The zero-order valence-corrected chi connectivity index (χ0v) is 17.5. The summed E-state index contributed by atoms with van der Waals surface area (Å²) in [7, 11) is -3.65. The summed E-state index contributed by atoms with van der Waals surface area (Å²) in [5.41, 5.74) is 0.721. The molecule has 6 nitrogen and oxygen atoms in total. The van der Waals surface area contributed by atoms with Crippen LogP contribution in [0.4, 0.5) is 5.69 Å². The SMILES string of the molecule is CC(=O)Nc1c(I)cc(I)c(C(=O)NS(C)(=O)=O)c1I. The molecule has 0 saturated carbocycles. The standard InChI is InChI=1S/C10H9I3N2O4S/c1-4(16)14-9-6(12)3-5(11)7(8(9)13)10(17)15-20(2,18)19/h3H,1-2H3,(H,14,16)(H,15,17). The molecule has 20 heavy (non-hydrogen) atoms. The van der Waals surface area contributed by atoms with E-state index in [1.807, 2.05) is 72.5 Å². The van der Waals surface area contributed by atoms with E-state index in [0.29, 0.717) is 12.8 Å². The maximum absolute atomic E-state index is 12.0. The Kier molecular flexibility index (Phi) is 6.46. The zero-order valence-electron chi connectivity index (χ0n) is 10.3. The summed E-state index contributed by atoms with van der Waals surface area (Å²) in [4.78, 5) is 23.2. The van der Waals surface area contributed by atoms with Crippen molar-refractivity contribution in [2.45, 2.75) is 6.92 Å². The smallest absolute Gasteiger partial charge is 0.266 e. The minimum absolute atomic E-state index is 0.223. The van der Waals surface area contributed by atoms with Crippen LogP contribution < -0.4 is 10.0 Å². The molecule has 1 aromatic rings. The highest BCUT2D eigenvalue weighted by molar-refractivity contribution is 14.1. The molecule has 0 aliphatic carbocycles. The summed E-state index contributed by atoms with van der Waals surface area (Å²) in [6.07, 6.45) is 0.909. The van der Waals surface area contributed by atoms with Crippen LogP contribution in [0.3, 0.4) is 0 Å². The van der Waals surface area contributed by atoms with Crippen molar-refractivity contribution in [1.82, 2.24) is 4.72 Å². The van der Waals surface area contributed by atoms with Crippen molar-refractivity contribution in [3.05, 3.63) is 22.3 Å². The van der Waals surface area contributed by atoms with E-state index in [9.17, 15) is 18.0 Å². The minimum Gasteiger partial charge on any atom is -0.324 e. The number of carbonyl (C=O) groups is 2. The first-order valence-electron chi connectivity index (χ1n) is 5.00. The number of hydrogen-bond acceptors (Lipinski definition) is 4. The molecule has 1 aromatic carbocycles. The van der Waals surface area contributed by atoms with E-state index in [2.05, 4.69) is 5.32 Å². The Balaban J connectivity index is 3.40. The fourth-order valence-corrected chi connectivity index (χ4v) is 5.88. The van der Waals surface area contributed by atoms with Gasteiger partial charge in [-0.2, -0.15) is 0 Å². The maximum atomic E-state index is 12.0. The van der Waals surface area contributed by atoms with Gasteiger partial charge in [-0.1, -0.05) is 0 Å². The molecule has 110 valence electrons. The lowest BCUT2D eigenvalue weighted by molar-refractivity contribution is -0.114. The number of halogens is 3. The van der Waals surface area contributed by atoms with Gasteiger partial charge in [-0.3, -0.25) is 9.59 Å². The van der Waals surface area contributed by atoms with Crippen LogP contribution >= 0.6 is 67.8 Å². The summed E-state index contributed by atoms with van der Waals surface area (Å²) in [6, 6.07) is 1.70. The van der Waals surface area contributed by atoms with Crippen molar-refractivity contribution >= 4 is 95.3 Å². The second-order valence-electron chi connectivity index (χ2n) is 3.79. The highest BCUT2D eigenvalue weighted by Crippen LogP contribution is 2.31. The predicted molar refractivity (Wildman–Crippen MR) is 101 cm³/mol. The summed E-state index contributed by atoms with van der Waals surface area (Å²) in [5, 5.41) is 2.64. The van der Waals surface area contributed by atoms with Gasteiger partial charge in [-0.15, -0.1) is 0 Å². The minimum atomic E-state index is -3.65. The van der Waals surface area contributed by atoms with Crippen molar-refractivity contribution < 1.29 is 18.0 Å². The molecule has 0 heterocycles. The van der Waals surface area contributed by atoms with E-state index in [1.54, 1.807) is 6.07 Å². The first-order valence-corrected chi connectivity index (χ1v) is 10.1. The van der Waals surface area contributed by atoms with E-state index in [-0.39, 0.29) is 11.5 Å². The molecule has 10 heteroatoms. The molecule has 0 radical (unpaired) electrons. The van der Waals surface area contributed by atoms with Gasteiger partial charge in [0.15, 0.2) is 0 Å². The molecule has 0 bridgehead atoms. The van der Waals surface area contributed by atoms with E-state index in [0.717, 1.165) is 9.83 Å². The number of anilines is 1. The van der Waals surface area contributed by atoms with Crippen LogP contribution in [0.2, 0.25) is 0 Å². The lowest BCUT2D eigenvalue weighted by Gasteiger charge is -2.14. The molecule has 2 amide bonds. The van der Waals surface area contributed by atoms with Gasteiger partial charge in [0.1, 0.15) is 0 Å². The molecule has 0 spiro atoms. The number of benzene rings is 1. The Morgan fingerprint density at radius 1 is 1.15 bits per heavy atom. The third kappa shape index (κ3) is 4.94. The summed E-state index contributed by atoms with van der Waals surface area (Å²) >= 11 is 5.90. The van der Waals surface area contributed by atoms with Crippen LogP contribution in [0.1, 0.15) is 17.3 Å². The van der Waals surface area contributed by atoms with Crippen molar-refractivity contribution in [2.24, 2.45) is 0 Å². The first kappa shape index (κ1) is 18.3. The molecular weight excluding hydrogens is 625 g/mol. The van der Waals surface area contributed by atoms with Gasteiger partial charge >= 0.3 is 0 Å². The lowest BCUT2D eigenvalue weighted by atomic mass is 10.2. The van der Waals surface area contributed by atoms with Gasteiger partial charge < -0.3 is 5.32 Å². The number of nitrogens with one attached hydrogen (secondary N) is 2. The maximum Gasteiger partial charge on any atom is 0.266 e. The summed E-state index contributed by atoms with van der Waals surface area (Å²) < 4.78 is 26.1. The third-order valence-electron chi connectivity index (χ3n) is 1.98. The Hall–Kier alpha value is 0.300. The van der Waals surface area contributed by atoms with Gasteiger partial charge in [-0.25, -0.2) is 13.1 Å². The monoisotopic (exact) mass is 634 g/mol. The molecule has 0 aromatic heterocycles. The Morgan fingerprint density at radius 2 is 1.70 bits per heavy atom. The van der Waals surface area contributed by atoms with Crippen LogP contribution in [0.5, 0.6) is 0 Å². The summed E-state index contributed by atoms with van der Waals surface area (Å²) in [5.74, 6) is -0.985. The quantitative estimate of drug-likeness (QED) is 0.500. The van der Waals surface area contributed by atoms with E-state index in [1.165, 1.54) is 6.92 Å². The molecule has 0 unspecified atom stereocenters. The predicted octanol–water partition coefficient (Wildman–Crippen LogP) is 2.15. The average Bonchev–Trinajstić information content (AvgIpc) is 2.20. The van der Waals surface area contributed by atoms with Crippen LogP contribution in [0, 0.1) is 10.7 Å². The van der Waals surface area contributed by atoms with Crippen LogP contribution in [0.15, 0.2) is 6.07 Å². The molecule has 0 atom stereocenters. The number of amides is 2. The first-order chi connectivity index (χ1) is 9.03. The number of rotatable bonds is 3. The van der Waals surface area contributed by atoms with Crippen LogP contribution in [-0.2, 0) is 14.8 Å². The second-order valence-corrected chi connectivity index (χ2v) is 8.94. The Morgan fingerprint density at radius 3 is 2.15 bits per heavy atom. The van der Waals surface area contributed by atoms with Crippen molar-refractivity contribution in [1.29, 1.82) is 0 Å². The number of sulfonamides is 1. The van der Waals surface area contributed by atoms with E-state index in [4.69, 9.17) is 0 Å². The third-order valence-corrected chi connectivity index (χ3v) is 5.31. The zero-order chi connectivity index (χ0) is 15.7. The van der Waals surface area contributed by atoms with Gasteiger partial charge in [-0.05, 0) is 73.8 Å². The molecule has 0 saturated heterocycles. The number of carbonyl (C=O) groups excluding carboxylic acids is 2. The van der Waals surface area contributed by atoms with Gasteiger partial charge in [0.2, 0.25) is 15.9 Å². The van der Waals surface area contributed by atoms with Crippen LogP contribution in [-0.4, -0.2) is 26.5 Å². The van der Waals surface area contributed by atoms with E-state index < -0.39 is 15.9 Å². The molecular formula is C10H9I3N2O4S. The van der Waals surface area contributed by atoms with Crippen molar-refractivity contribution in [2.75, 3.05) is 11.6 Å². The highest BCUT2D eigenvalue weighted by atomic mass is 127. The van der Waals surface area contributed by atoms with Crippen LogP contribution in [0.25, 0.3) is 0 Å². The van der Waals surface area contributed by atoms with E-state index >= 15 is 0 Å². The highest BCUT2D eigenvalue weighted by Gasteiger charge is 2.22.